The van der Waals surface area contributed by atoms with Gasteiger partial charge >= 0.3 is 6.09 Å². The van der Waals surface area contributed by atoms with Crippen LogP contribution in [-0.2, 0) is 11.3 Å². The predicted octanol–water partition coefficient (Wildman–Crippen LogP) is 2.86. The highest BCUT2D eigenvalue weighted by Gasteiger charge is 2.13. The van der Waals surface area contributed by atoms with Crippen LogP contribution in [0.1, 0.15) is 11.1 Å². The lowest BCUT2D eigenvalue weighted by Crippen LogP contribution is -2.16. The number of nitrogens with one attached hydrogen (secondary N) is 1. The summed E-state index contributed by atoms with van der Waals surface area (Å²) in [5.41, 5.74) is 3.23. The van der Waals surface area contributed by atoms with Gasteiger partial charge in [0.05, 0.1) is 23.8 Å². The Morgan fingerprint density at radius 2 is 1.96 bits per heavy atom. The maximum absolute atomic E-state index is 11.0. The minimum atomic E-state index is -0.690. The molecule has 0 bridgehead atoms. The van der Waals surface area contributed by atoms with E-state index in [-0.39, 0.29) is 12.3 Å². The van der Waals surface area contributed by atoms with Crippen molar-refractivity contribution < 1.29 is 19.2 Å². The van der Waals surface area contributed by atoms with Crippen molar-refractivity contribution >= 4 is 18.0 Å². The molecule has 2 aromatic carbocycles. The molecule has 0 atom stereocenters. The SMILES string of the molecule is COC(=O)NN=Cc1ccccc1OCc1ccccc1[N+](=O)[O-]. The number of ether oxygens (including phenoxy) is 2. The van der Waals surface area contributed by atoms with E-state index in [1.54, 1.807) is 42.5 Å². The molecule has 0 aliphatic heterocycles. The number of carbonyl (C=O) groups excluding carboxylic acids is 1. The van der Waals surface area contributed by atoms with Gasteiger partial charge in [-0.25, -0.2) is 10.2 Å². The normalized spacial score (nSPS) is 10.4. The van der Waals surface area contributed by atoms with Crippen LogP contribution >= 0.6 is 0 Å². The van der Waals surface area contributed by atoms with Crippen LogP contribution in [0, 0.1) is 10.1 Å². The molecule has 0 spiro atoms. The molecule has 0 heterocycles. The summed E-state index contributed by atoms with van der Waals surface area (Å²) in [7, 11) is 1.23. The Morgan fingerprint density at radius 3 is 2.71 bits per heavy atom. The molecule has 0 saturated carbocycles. The number of nitro benzene ring substituents is 1. The molecule has 2 rings (SSSR count). The molecule has 124 valence electrons. The Morgan fingerprint density at radius 1 is 1.25 bits per heavy atom. The first kappa shape index (κ1) is 16.9. The largest absolute Gasteiger partial charge is 0.488 e. The van der Waals surface area contributed by atoms with E-state index in [4.69, 9.17) is 4.74 Å². The molecule has 8 nitrogen and oxygen atoms in total. The van der Waals surface area contributed by atoms with E-state index in [9.17, 15) is 14.9 Å². The van der Waals surface area contributed by atoms with E-state index in [1.807, 2.05) is 0 Å². The summed E-state index contributed by atoms with van der Waals surface area (Å²) in [6.45, 7) is 0.0342. The molecule has 8 heteroatoms. The molecule has 0 aromatic heterocycles. The van der Waals surface area contributed by atoms with Gasteiger partial charge in [0.1, 0.15) is 12.4 Å². The maximum Gasteiger partial charge on any atom is 0.427 e. The van der Waals surface area contributed by atoms with Crippen molar-refractivity contribution in [3.8, 4) is 5.75 Å². The molecule has 0 aliphatic carbocycles. The van der Waals surface area contributed by atoms with Crippen LogP contribution in [0.25, 0.3) is 0 Å². The van der Waals surface area contributed by atoms with E-state index in [1.165, 1.54) is 19.4 Å². The highest BCUT2D eigenvalue weighted by Crippen LogP contribution is 2.22. The highest BCUT2D eigenvalue weighted by molar-refractivity contribution is 5.84. The van der Waals surface area contributed by atoms with E-state index in [0.717, 1.165) is 0 Å². The zero-order valence-electron chi connectivity index (χ0n) is 12.8. The summed E-state index contributed by atoms with van der Waals surface area (Å²) in [6, 6.07) is 13.3. The van der Waals surface area contributed by atoms with Crippen LogP contribution in [0.4, 0.5) is 10.5 Å². The first-order valence-corrected chi connectivity index (χ1v) is 6.93. The second kappa shape index (κ2) is 8.28. The van der Waals surface area contributed by atoms with E-state index in [2.05, 4.69) is 15.3 Å². The van der Waals surface area contributed by atoms with E-state index in [0.29, 0.717) is 16.9 Å². The smallest absolute Gasteiger partial charge is 0.427 e. The van der Waals surface area contributed by atoms with Gasteiger partial charge in [-0.1, -0.05) is 24.3 Å². The van der Waals surface area contributed by atoms with Crippen molar-refractivity contribution in [2.24, 2.45) is 5.10 Å². The van der Waals surface area contributed by atoms with Crippen molar-refractivity contribution in [1.82, 2.24) is 5.43 Å². The fourth-order valence-electron chi connectivity index (χ4n) is 1.89. The second-order valence-corrected chi connectivity index (χ2v) is 4.57. The summed E-state index contributed by atoms with van der Waals surface area (Å²) in [4.78, 5) is 21.5. The fraction of sp³-hybridized carbons (Fsp3) is 0.125. The number of carbonyl (C=O) groups is 1. The minimum absolute atomic E-state index is 0.00370. The van der Waals surface area contributed by atoms with Gasteiger partial charge in [-0.05, 0) is 18.2 Å². The predicted molar refractivity (Wildman–Crippen MR) is 87.0 cm³/mol. The summed E-state index contributed by atoms with van der Waals surface area (Å²) in [6.07, 6.45) is 0.704. The second-order valence-electron chi connectivity index (χ2n) is 4.57. The number of methoxy groups -OCH3 is 1. The maximum atomic E-state index is 11.0. The van der Waals surface area contributed by atoms with Crippen LogP contribution in [0.15, 0.2) is 53.6 Å². The lowest BCUT2D eigenvalue weighted by atomic mass is 10.2. The molecule has 0 fully saturated rings. The van der Waals surface area contributed by atoms with Gasteiger partial charge in [0.15, 0.2) is 0 Å². The molecular weight excluding hydrogens is 314 g/mol. The first-order valence-electron chi connectivity index (χ1n) is 6.93. The zero-order valence-corrected chi connectivity index (χ0v) is 12.8. The zero-order chi connectivity index (χ0) is 17.4. The Hall–Kier alpha value is -3.42. The van der Waals surface area contributed by atoms with Crippen LogP contribution in [0.3, 0.4) is 0 Å². The lowest BCUT2D eigenvalue weighted by molar-refractivity contribution is -0.385. The molecule has 0 unspecified atom stereocenters. The van der Waals surface area contributed by atoms with Gasteiger partial charge in [0, 0.05) is 11.6 Å². The molecule has 1 N–H and O–H groups in total. The lowest BCUT2D eigenvalue weighted by Gasteiger charge is -2.09. The van der Waals surface area contributed by atoms with Crippen molar-refractivity contribution in [3.05, 3.63) is 69.8 Å². The van der Waals surface area contributed by atoms with Gasteiger partial charge in [-0.3, -0.25) is 10.1 Å². The van der Waals surface area contributed by atoms with Gasteiger partial charge in [-0.15, -0.1) is 0 Å². The third kappa shape index (κ3) is 4.54. The number of benzene rings is 2. The molecule has 1 amide bonds. The van der Waals surface area contributed by atoms with Crippen LogP contribution in [0.5, 0.6) is 5.75 Å². The number of amides is 1. The Bertz CT molecular complexity index is 761. The number of nitrogens with zero attached hydrogens (tertiary/aromatic N) is 2. The first-order chi connectivity index (χ1) is 11.6. The summed E-state index contributed by atoms with van der Waals surface area (Å²) in [5, 5.41) is 14.7. The van der Waals surface area contributed by atoms with Crippen LogP contribution in [-0.4, -0.2) is 24.3 Å². The van der Waals surface area contributed by atoms with Crippen molar-refractivity contribution in [1.29, 1.82) is 0 Å². The van der Waals surface area contributed by atoms with Crippen molar-refractivity contribution in [2.45, 2.75) is 6.61 Å². The number of hydrazone groups is 1. The Balaban J connectivity index is 2.11. The van der Waals surface area contributed by atoms with Gasteiger partial charge in [-0.2, -0.15) is 5.10 Å². The molecule has 0 radical (unpaired) electrons. The monoisotopic (exact) mass is 329 g/mol. The van der Waals surface area contributed by atoms with Gasteiger partial charge in [0.2, 0.25) is 0 Å². The number of hydrogen-bond acceptors (Lipinski definition) is 6. The number of rotatable bonds is 6. The summed E-state index contributed by atoms with van der Waals surface area (Å²) in [5.74, 6) is 0.478. The van der Waals surface area contributed by atoms with E-state index >= 15 is 0 Å². The Labute approximate surface area is 137 Å². The number of nitro groups is 1. The molecule has 2 aromatic rings. The summed E-state index contributed by atoms with van der Waals surface area (Å²) < 4.78 is 10.1. The van der Waals surface area contributed by atoms with Gasteiger partial charge in [0.25, 0.3) is 5.69 Å². The average molecular weight is 329 g/mol. The molecule has 24 heavy (non-hydrogen) atoms. The van der Waals surface area contributed by atoms with Crippen LogP contribution in [0.2, 0.25) is 0 Å². The standard InChI is InChI=1S/C16H15N3O5/c1-23-16(20)18-17-10-12-6-3-5-9-15(12)24-11-13-7-2-4-8-14(13)19(21)22/h2-10H,11H2,1H3,(H,18,20). The van der Waals surface area contributed by atoms with Crippen molar-refractivity contribution in [3.63, 3.8) is 0 Å². The highest BCUT2D eigenvalue weighted by atomic mass is 16.6. The van der Waals surface area contributed by atoms with Gasteiger partial charge < -0.3 is 9.47 Å². The van der Waals surface area contributed by atoms with Crippen molar-refractivity contribution in [2.75, 3.05) is 7.11 Å². The third-order valence-electron chi connectivity index (χ3n) is 3.04. The van der Waals surface area contributed by atoms with Crippen LogP contribution < -0.4 is 10.2 Å². The number of para-hydroxylation sites is 2. The third-order valence-corrected chi connectivity index (χ3v) is 3.04. The number of hydrogen-bond donors (Lipinski definition) is 1. The Kier molecular flexibility index (Phi) is 5.84. The average Bonchev–Trinajstić information content (AvgIpc) is 2.60. The minimum Gasteiger partial charge on any atom is -0.488 e. The fourth-order valence-corrected chi connectivity index (χ4v) is 1.89. The topological polar surface area (TPSA) is 103 Å². The summed E-state index contributed by atoms with van der Waals surface area (Å²) >= 11 is 0. The quantitative estimate of drug-likeness (QED) is 0.498. The molecule has 0 aliphatic rings. The molecule has 0 saturated heterocycles. The molecular formula is C16H15N3O5. The van der Waals surface area contributed by atoms with E-state index < -0.39 is 11.0 Å².